The number of hydrogen-bond acceptors (Lipinski definition) is 4. The van der Waals surface area contributed by atoms with Crippen molar-refractivity contribution < 1.29 is 24.1 Å². The summed E-state index contributed by atoms with van der Waals surface area (Å²) in [4.78, 5) is 0. The molecule has 1 fully saturated rings. The van der Waals surface area contributed by atoms with Crippen LogP contribution in [0.4, 0.5) is 4.39 Å². The summed E-state index contributed by atoms with van der Waals surface area (Å²) in [6.45, 7) is 0. The van der Waals surface area contributed by atoms with Gasteiger partial charge in [0.25, 0.3) is 0 Å². The Balaban J connectivity index is 2.47. The highest BCUT2D eigenvalue weighted by Gasteiger charge is 2.36. The number of halogens is 1. The lowest BCUT2D eigenvalue weighted by Gasteiger charge is -2.31. The number of methoxy groups -OCH3 is 1. The predicted octanol–water partition coefficient (Wildman–Crippen LogP) is -0.603. The van der Waals surface area contributed by atoms with E-state index >= 15 is 0 Å². The molecule has 1 aliphatic heterocycles. The van der Waals surface area contributed by atoms with Gasteiger partial charge in [-0.05, 0) is 0 Å². The van der Waals surface area contributed by atoms with Gasteiger partial charge in [-0.3, -0.25) is 0 Å². The van der Waals surface area contributed by atoms with E-state index in [1.807, 2.05) is 0 Å². The van der Waals surface area contributed by atoms with Gasteiger partial charge in [-0.15, -0.1) is 0 Å². The fourth-order valence-electron chi connectivity index (χ4n) is 0.944. The Labute approximate surface area is 63.5 Å². The first-order valence-electron chi connectivity index (χ1n) is 3.33. The minimum atomic E-state index is -1.86. The smallest absolute Gasteiger partial charge is 0.229 e. The monoisotopic (exact) mass is 166 g/mol. The highest BCUT2D eigenvalue weighted by molar-refractivity contribution is 4.76. The zero-order valence-corrected chi connectivity index (χ0v) is 6.11. The third-order valence-corrected chi connectivity index (χ3v) is 1.64. The van der Waals surface area contributed by atoms with Crippen molar-refractivity contribution >= 4 is 0 Å². The Morgan fingerprint density at radius 2 is 2.18 bits per heavy atom. The summed E-state index contributed by atoms with van der Waals surface area (Å²) >= 11 is 0. The summed E-state index contributed by atoms with van der Waals surface area (Å²) in [5.74, 6) is 0. The molecule has 0 radical (unpaired) electrons. The zero-order valence-electron chi connectivity index (χ0n) is 6.11. The topological polar surface area (TPSA) is 58.9 Å². The molecule has 1 aliphatic rings. The van der Waals surface area contributed by atoms with Crippen LogP contribution >= 0.6 is 0 Å². The highest BCUT2D eigenvalue weighted by Crippen LogP contribution is 2.21. The van der Waals surface area contributed by atoms with Crippen LogP contribution in [-0.4, -0.2) is 42.2 Å². The van der Waals surface area contributed by atoms with E-state index in [1.165, 1.54) is 7.11 Å². The minimum absolute atomic E-state index is 0.0953. The average molecular weight is 166 g/mol. The van der Waals surface area contributed by atoms with E-state index in [4.69, 9.17) is 10.2 Å². The standard InChI is InChI=1S/C6H11FO4/c1-10-4-2-3(8)5(9)6(7)11-4/h3-6,8-9H,2H2,1H3. The van der Waals surface area contributed by atoms with Crippen molar-refractivity contribution in [2.45, 2.75) is 31.3 Å². The van der Waals surface area contributed by atoms with E-state index in [9.17, 15) is 4.39 Å². The molecular formula is C6H11FO4. The fourth-order valence-corrected chi connectivity index (χ4v) is 0.944. The molecule has 66 valence electrons. The van der Waals surface area contributed by atoms with Crippen LogP contribution in [0.5, 0.6) is 0 Å². The molecule has 4 unspecified atom stereocenters. The van der Waals surface area contributed by atoms with Gasteiger partial charge >= 0.3 is 0 Å². The fraction of sp³-hybridized carbons (Fsp3) is 1.00. The SMILES string of the molecule is COC1CC(O)C(O)C(F)O1. The van der Waals surface area contributed by atoms with E-state index < -0.39 is 24.9 Å². The lowest BCUT2D eigenvalue weighted by molar-refractivity contribution is -0.276. The summed E-state index contributed by atoms with van der Waals surface area (Å²) in [7, 11) is 1.35. The minimum Gasteiger partial charge on any atom is -0.390 e. The molecule has 0 spiro atoms. The van der Waals surface area contributed by atoms with Crippen LogP contribution in [0.1, 0.15) is 6.42 Å². The maximum Gasteiger partial charge on any atom is 0.229 e. The van der Waals surface area contributed by atoms with Gasteiger partial charge in [-0.2, -0.15) is 0 Å². The Bertz CT molecular complexity index is 120. The van der Waals surface area contributed by atoms with Crippen molar-refractivity contribution in [1.29, 1.82) is 0 Å². The Hall–Kier alpha value is -0.230. The summed E-state index contributed by atoms with van der Waals surface area (Å²) < 4.78 is 21.7. The van der Waals surface area contributed by atoms with Crippen molar-refractivity contribution in [3.63, 3.8) is 0 Å². The van der Waals surface area contributed by atoms with Gasteiger partial charge in [-0.1, -0.05) is 0 Å². The van der Waals surface area contributed by atoms with Gasteiger partial charge in [0, 0.05) is 13.5 Å². The highest BCUT2D eigenvalue weighted by atomic mass is 19.1. The molecule has 11 heavy (non-hydrogen) atoms. The number of aliphatic hydroxyl groups excluding tert-OH is 2. The van der Waals surface area contributed by atoms with Gasteiger partial charge < -0.3 is 19.7 Å². The number of hydrogen-bond donors (Lipinski definition) is 2. The largest absolute Gasteiger partial charge is 0.390 e. The second kappa shape index (κ2) is 3.44. The van der Waals surface area contributed by atoms with Gasteiger partial charge in [0.1, 0.15) is 6.10 Å². The molecule has 0 aliphatic carbocycles. The Morgan fingerprint density at radius 3 is 2.64 bits per heavy atom. The van der Waals surface area contributed by atoms with Gasteiger partial charge in [0.2, 0.25) is 6.36 Å². The molecule has 1 rings (SSSR count). The molecule has 0 aromatic carbocycles. The second-order valence-electron chi connectivity index (χ2n) is 2.45. The molecule has 1 saturated heterocycles. The first-order chi connectivity index (χ1) is 5.15. The Morgan fingerprint density at radius 1 is 1.55 bits per heavy atom. The number of ether oxygens (including phenoxy) is 2. The maximum absolute atomic E-state index is 12.6. The first-order valence-corrected chi connectivity index (χ1v) is 3.33. The third kappa shape index (κ3) is 1.87. The number of rotatable bonds is 1. The normalized spacial score (nSPS) is 45.8. The maximum atomic E-state index is 12.6. The zero-order chi connectivity index (χ0) is 8.43. The quantitative estimate of drug-likeness (QED) is 0.546. The van der Waals surface area contributed by atoms with Crippen LogP contribution in [-0.2, 0) is 9.47 Å². The summed E-state index contributed by atoms with van der Waals surface area (Å²) in [5.41, 5.74) is 0. The van der Waals surface area contributed by atoms with Gasteiger partial charge in [-0.25, -0.2) is 4.39 Å². The van der Waals surface area contributed by atoms with Crippen LogP contribution in [0.3, 0.4) is 0 Å². The lowest BCUT2D eigenvalue weighted by Crippen LogP contribution is -2.46. The number of alkyl halides is 1. The van der Waals surface area contributed by atoms with Crippen LogP contribution < -0.4 is 0 Å². The third-order valence-electron chi connectivity index (χ3n) is 1.64. The molecule has 4 nitrogen and oxygen atoms in total. The molecular weight excluding hydrogens is 155 g/mol. The predicted molar refractivity (Wildman–Crippen MR) is 33.4 cm³/mol. The van der Waals surface area contributed by atoms with Crippen LogP contribution in [0.2, 0.25) is 0 Å². The lowest BCUT2D eigenvalue weighted by atomic mass is 10.1. The molecule has 1 heterocycles. The van der Waals surface area contributed by atoms with E-state index in [-0.39, 0.29) is 6.42 Å². The molecule has 5 heteroatoms. The van der Waals surface area contributed by atoms with Crippen molar-refractivity contribution in [2.75, 3.05) is 7.11 Å². The van der Waals surface area contributed by atoms with Crippen molar-refractivity contribution in [3.8, 4) is 0 Å². The van der Waals surface area contributed by atoms with Crippen LogP contribution in [0.25, 0.3) is 0 Å². The summed E-state index contributed by atoms with van der Waals surface area (Å²) in [6, 6.07) is 0. The molecule has 4 atom stereocenters. The van der Waals surface area contributed by atoms with Crippen LogP contribution in [0, 0.1) is 0 Å². The van der Waals surface area contributed by atoms with Crippen LogP contribution in [0.15, 0.2) is 0 Å². The van der Waals surface area contributed by atoms with E-state index in [0.717, 1.165) is 0 Å². The molecule has 0 bridgehead atoms. The van der Waals surface area contributed by atoms with Crippen molar-refractivity contribution in [1.82, 2.24) is 0 Å². The Kier molecular flexibility index (Phi) is 2.78. The number of aliphatic hydroxyl groups is 2. The molecule has 0 aromatic rings. The summed E-state index contributed by atoms with van der Waals surface area (Å²) in [5, 5.41) is 17.9. The molecule has 0 saturated carbocycles. The van der Waals surface area contributed by atoms with Crippen molar-refractivity contribution in [3.05, 3.63) is 0 Å². The first kappa shape index (κ1) is 8.86. The van der Waals surface area contributed by atoms with E-state index in [1.54, 1.807) is 0 Å². The van der Waals surface area contributed by atoms with E-state index in [2.05, 4.69) is 9.47 Å². The molecule has 2 N–H and O–H groups in total. The van der Waals surface area contributed by atoms with Gasteiger partial charge in [0.15, 0.2) is 6.29 Å². The molecule has 0 amide bonds. The molecule has 0 aromatic heterocycles. The van der Waals surface area contributed by atoms with Gasteiger partial charge in [0.05, 0.1) is 6.10 Å². The van der Waals surface area contributed by atoms with Crippen molar-refractivity contribution in [2.24, 2.45) is 0 Å². The van der Waals surface area contributed by atoms with E-state index in [0.29, 0.717) is 0 Å². The second-order valence-corrected chi connectivity index (χ2v) is 2.45. The summed E-state index contributed by atoms with van der Waals surface area (Å²) in [6.07, 6.45) is -5.09. The average Bonchev–Trinajstić information content (AvgIpc) is 1.99.